The molecule has 0 radical (unpaired) electrons. The van der Waals surface area contributed by atoms with Crippen LogP contribution in [0.15, 0.2) is 54.6 Å². The number of carbonyl (C=O) groups excluding carboxylic acids is 1. The van der Waals surface area contributed by atoms with Gasteiger partial charge in [0, 0.05) is 12.0 Å². The molecule has 9 heteroatoms. The fraction of sp³-hybridized carbons (Fsp3) is 0.261. The zero-order valence-electron chi connectivity index (χ0n) is 18.1. The SMILES string of the molecule is COc1cc(C(=O)C2(NS(C)(=O)=O)C=CC=C(c3ccc(F)cc3)C2)cc(OC)c1OC. The fourth-order valence-corrected chi connectivity index (χ4v) is 4.58. The summed E-state index contributed by atoms with van der Waals surface area (Å²) in [6.07, 6.45) is 5.89. The Morgan fingerprint density at radius 3 is 2.12 bits per heavy atom. The van der Waals surface area contributed by atoms with Gasteiger partial charge in [0.25, 0.3) is 0 Å². The van der Waals surface area contributed by atoms with Gasteiger partial charge in [0.2, 0.25) is 15.8 Å². The van der Waals surface area contributed by atoms with Crippen LogP contribution in [0, 0.1) is 5.82 Å². The van der Waals surface area contributed by atoms with Crippen LogP contribution in [-0.2, 0) is 10.0 Å². The summed E-state index contributed by atoms with van der Waals surface area (Å²) in [4.78, 5) is 13.7. The van der Waals surface area contributed by atoms with Crippen molar-refractivity contribution < 1.29 is 31.8 Å². The average Bonchev–Trinajstić information content (AvgIpc) is 2.76. The molecule has 1 atom stereocenters. The number of benzene rings is 2. The number of allylic oxidation sites excluding steroid dienone is 2. The van der Waals surface area contributed by atoms with Gasteiger partial charge in [-0.25, -0.2) is 12.8 Å². The van der Waals surface area contributed by atoms with E-state index in [2.05, 4.69) is 4.72 Å². The number of hydrogen-bond donors (Lipinski definition) is 1. The molecule has 0 saturated heterocycles. The number of carbonyl (C=O) groups is 1. The predicted octanol–water partition coefficient (Wildman–Crippen LogP) is 3.37. The van der Waals surface area contributed by atoms with Crippen LogP contribution in [0.1, 0.15) is 22.3 Å². The first kappa shape index (κ1) is 23.5. The predicted molar refractivity (Wildman–Crippen MR) is 119 cm³/mol. The summed E-state index contributed by atoms with van der Waals surface area (Å²) in [5.74, 6) is -0.0683. The molecule has 0 aliphatic heterocycles. The van der Waals surface area contributed by atoms with Crippen LogP contribution < -0.4 is 18.9 Å². The van der Waals surface area contributed by atoms with Gasteiger partial charge < -0.3 is 14.2 Å². The number of methoxy groups -OCH3 is 3. The lowest BCUT2D eigenvalue weighted by Gasteiger charge is -2.33. The first-order valence-corrected chi connectivity index (χ1v) is 11.5. The fourth-order valence-electron chi connectivity index (χ4n) is 3.68. The Hall–Kier alpha value is -3.17. The number of rotatable bonds is 8. The van der Waals surface area contributed by atoms with Gasteiger partial charge in [-0.2, -0.15) is 4.72 Å². The van der Waals surface area contributed by atoms with Crippen molar-refractivity contribution in [1.82, 2.24) is 4.72 Å². The molecule has 1 unspecified atom stereocenters. The summed E-state index contributed by atoms with van der Waals surface area (Å²) in [6.45, 7) is 0. The van der Waals surface area contributed by atoms with Crippen LogP contribution in [0.25, 0.3) is 5.57 Å². The molecule has 0 amide bonds. The Balaban J connectivity index is 2.11. The van der Waals surface area contributed by atoms with Crippen LogP contribution >= 0.6 is 0 Å². The molecule has 0 bridgehead atoms. The summed E-state index contributed by atoms with van der Waals surface area (Å²) in [7, 11) is 0.500. The molecule has 0 fully saturated rings. The molecule has 0 aromatic heterocycles. The van der Waals surface area contributed by atoms with Crippen molar-refractivity contribution in [3.8, 4) is 17.2 Å². The number of hydrogen-bond acceptors (Lipinski definition) is 6. The topological polar surface area (TPSA) is 90.9 Å². The van der Waals surface area contributed by atoms with Crippen LogP contribution in [0.3, 0.4) is 0 Å². The van der Waals surface area contributed by atoms with Crippen LogP contribution in [0.5, 0.6) is 17.2 Å². The number of nitrogens with one attached hydrogen (secondary N) is 1. The van der Waals surface area contributed by atoms with E-state index < -0.39 is 27.2 Å². The van der Waals surface area contributed by atoms with Crippen molar-refractivity contribution in [3.05, 3.63) is 71.6 Å². The smallest absolute Gasteiger partial charge is 0.209 e. The van der Waals surface area contributed by atoms with Gasteiger partial charge in [0.15, 0.2) is 17.3 Å². The Morgan fingerprint density at radius 1 is 1.03 bits per heavy atom. The lowest BCUT2D eigenvalue weighted by molar-refractivity contribution is 0.0910. The first-order chi connectivity index (χ1) is 15.1. The third-order valence-electron chi connectivity index (χ3n) is 5.06. The van der Waals surface area contributed by atoms with Crippen molar-refractivity contribution in [2.75, 3.05) is 27.6 Å². The van der Waals surface area contributed by atoms with Crippen LogP contribution in [0.2, 0.25) is 0 Å². The number of ether oxygens (including phenoxy) is 3. The maximum Gasteiger partial charge on any atom is 0.209 e. The minimum atomic E-state index is -3.79. The monoisotopic (exact) mass is 461 g/mol. The molecule has 3 rings (SSSR count). The van der Waals surface area contributed by atoms with Crippen molar-refractivity contribution in [1.29, 1.82) is 0 Å². The molecule has 0 heterocycles. The largest absolute Gasteiger partial charge is 0.493 e. The Labute approximate surface area is 186 Å². The molecule has 0 spiro atoms. The number of ketones is 1. The van der Waals surface area contributed by atoms with E-state index in [4.69, 9.17) is 14.2 Å². The van der Waals surface area contributed by atoms with Crippen molar-refractivity contribution in [2.45, 2.75) is 12.0 Å². The number of Topliss-reactive ketones (excluding diaryl/α,β-unsaturated/α-hetero) is 1. The zero-order chi connectivity index (χ0) is 23.5. The van der Waals surface area contributed by atoms with E-state index in [0.717, 1.165) is 6.26 Å². The highest BCUT2D eigenvalue weighted by Crippen LogP contribution is 2.40. The van der Waals surface area contributed by atoms with Gasteiger partial charge in [-0.15, -0.1) is 0 Å². The Bertz CT molecular complexity index is 1160. The highest BCUT2D eigenvalue weighted by Gasteiger charge is 2.41. The summed E-state index contributed by atoms with van der Waals surface area (Å²) < 4.78 is 56.3. The van der Waals surface area contributed by atoms with Gasteiger partial charge in [0.05, 0.1) is 27.6 Å². The molecule has 2 aromatic rings. The molecule has 2 aromatic carbocycles. The third kappa shape index (κ3) is 4.84. The van der Waals surface area contributed by atoms with Crippen LogP contribution in [-0.4, -0.2) is 47.3 Å². The van der Waals surface area contributed by atoms with Gasteiger partial charge >= 0.3 is 0 Å². The molecular weight excluding hydrogens is 437 g/mol. The quantitative estimate of drug-likeness (QED) is 0.607. The third-order valence-corrected chi connectivity index (χ3v) is 5.80. The minimum absolute atomic E-state index is 0.0255. The molecule has 7 nitrogen and oxygen atoms in total. The van der Waals surface area contributed by atoms with Crippen molar-refractivity contribution in [2.24, 2.45) is 0 Å². The highest BCUT2D eigenvalue weighted by molar-refractivity contribution is 7.88. The second-order valence-corrected chi connectivity index (χ2v) is 9.07. The maximum absolute atomic E-state index is 13.7. The molecule has 32 heavy (non-hydrogen) atoms. The lowest BCUT2D eigenvalue weighted by Crippen LogP contribution is -2.53. The van der Waals surface area contributed by atoms with Crippen molar-refractivity contribution in [3.63, 3.8) is 0 Å². The van der Waals surface area contributed by atoms with Gasteiger partial charge in [0.1, 0.15) is 11.4 Å². The van der Waals surface area contributed by atoms with E-state index >= 15 is 0 Å². The van der Waals surface area contributed by atoms with E-state index in [1.165, 1.54) is 51.7 Å². The van der Waals surface area contributed by atoms with Crippen LogP contribution in [0.4, 0.5) is 4.39 Å². The molecule has 1 aliphatic carbocycles. The van der Waals surface area contributed by atoms with E-state index in [1.807, 2.05) is 0 Å². The second-order valence-electron chi connectivity index (χ2n) is 7.32. The maximum atomic E-state index is 13.7. The molecule has 1 N–H and O–H groups in total. The van der Waals surface area contributed by atoms with Gasteiger partial charge in [-0.3, -0.25) is 4.79 Å². The summed E-state index contributed by atoms with van der Waals surface area (Å²) >= 11 is 0. The normalized spacial score (nSPS) is 18.1. The Kier molecular flexibility index (Phi) is 6.71. The summed E-state index contributed by atoms with van der Waals surface area (Å²) in [5.41, 5.74) is -0.0883. The zero-order valence-corrected chi connectivity index (χ0v) is 19.0. The summed E-state index contributed by atoms with van der Waals surface area (Å²) in [5, 5.41) is 0. The number of halogens is 1. The van der Waals surface area contributed by atoms with E-state index in [9.17, 15) is 17.6 Å². The Morgan fingerprint density at radius 2 is 1.62 bits per heavy atom. The minimum Gasteiger partial charge on any atom is -0.493 e. The van der Waals surface area contributed by atoms with E-state index in [1.54, 1.807) is 24.3 Å². The van der Waals surface area contributed by atoms with E-state index in [-0.39, 0.29) is 23.5 Å². The lowest BCUT2D eigenvalue weighted by atomic mass is 9.79. The summed E-state index contributed by atoms with van der Waals surface area (Å²) in [6, 6.07) is 8.71. The number of sulfonamides is 1. The molecule has 170 valence electrons. The van der Waals surface area contributed by atoms with E-state index in [0.29, 0.717) is 16.9 Å². The average molecular weight is 462 g/mol. The standard InChI is InChI=1S/C23H24FNO6S/c1-29-19-12-17(13-20(30-2)21(19)31-3)22(26)23(25-32(4,27)28)11-5-6-16(14-23)15-7-9-18(24)10-8-15/h5-13,25H,14H2,1-4H3. The molecule has 1 aliphatic rings. The highest BCUT2D eigenvalue weighted by atomic mass is 32.2. The molecule has 0 saturated carbocycles. The molecular formula is C23H24FNO6S. The first-order valence-electron chi connectivity index (χ1n) is 9.60. The van der Waals surface area contributed by atoms with Gasteiger partial charge in [-0.05, 0) is 35.4 Å². The second kappa shape index (κ2) is 9.13. The van der Waals surface area contributed by atoms with Gasteiger partial charge in [-0.1, -0.05) is 30.4 Å². The van der Waals surface area contributed by atoms with Crippen molar-refractivity contribution >= 4 is 21.4 Å².